The monoisotopic (exact) mass is 366 g/mol. The number of rotatable bonds is 7. The van der Waals surface area contributed by atoms with Crippen LogP contribution in [-0.2, 0) is 18.7 Å². The minimum Gasteiger partial charge on any atom is -0.356 e. The number of aromatic nitrogens is 1. The largest absolute Gasteiger partial charge is 0.356 e. The van der Waals surface area contributed by atoms with Crippen LogP contribution in [0.4, 0.5) is 4.39 Å². The summed E-state index contributed by atoms with van der Waals surface area (Å²) in [4.78, 5) is 9.81. The van der Waals surface area contributed by atoms with Crippen LogP contribution in [0.2, 0.25) is 0 Å². The molecule has 0 spiro atoms. The smallest absolute Gasteiger partial charge is 0.191 e. The Balaban J connectivity index is 1.85. The van der Waals surface area contributed by atoms with Crippen molar-refractivity contribution in [1.29, 1.82) is 0 Å². The van der Waals surface area contributed by atoms with E-state index in [1.807, 2.05) is 18.5 Å². The van der Waals surface area contributed by atoms with E-state index in [0.29, 0.717) is 6.54 Å². The topological polar surface area (TPSA) is 49.3 Å². The van der Waals surface area contributed by atoms with E-state index in [4.69, 9.17) is 0 Å². The highest BCUT2D eigenvalue weighted by Gasteiger charge is 2.06. The molecule has 0 saturated carbocycles. The molecule has 0 radical (unpaired) electrons. The van der Waals surface area contributed by atoms with Gasteiger partial charge in [0.1, 0.15) is 5.82 Å². The highest BCUT2D eigenvalue weighted by molar-refractivity contribution is 7.97. The lowest BCUT2D eigenvalue weighted by Gasteiger charge is -2.14. The van der Waals surface area contributed by atoms with Gasteiger partial charge in [-0.15, -0.1) is 11.3 Å². The molecular formula is C17H23FN4S2. The molecule has 2 rings (SSSR count). The molecule has 24 heavy (non-hydrogen) atoms. The Kier molecular flexibility index (Phi) is 7.52. The Labute approximate surface area is 151 Å². The van der Waals surface area contributed by atoms with Gasteiger partial charge in [0.15, 0.2) is 5.96 Å². The molecule has 1 heterocycles. The molecule has 0 aliphatic rings. The zero-order valence-electron chi connectivity index (χ0n) is 14.2. The summed E-state index contributed by atoms with van der Waals surface area (Å²) < 4.78 is 13.4. The lowest BCUT2D eigenvalue weighted by atomic mass is 10.1. The van der Waals surface area contributed by atoms with Crippen LogP contribution < -0.4 is 10.6 Å². The normalized spacial score (nSPS) is 11.6. The highest BCUT2D eigenvalue weighted by atomic mass is 32.2. The molecule has 0 unspecified atom stereocenters. The summed E-state index contributed by atoms with van der Waals surface area (Å²) in [5.41, 5.74) is 2.10. The first-order chi connectivity index (χ1) is 11.6. The summed E-state index contributed by atoms with van der Waals surface area (Å²) in [6.07, 6.45) is 4.78. The van der Waals surface area contributed by atoms with Gasteiger partial charge < -0.3 is 10.6 Å². The molecule has 1 aromatic heterocycles. The molecule has 7 heteroatoms. The quantitative estimate of drug-likeness (QED) is 0.583. The van der Waals surface area contributed by atoms with E-state index in [-0.39, 0.29) is 5.82 Å². The zero-order chi connectivity index (χ0) is 17.4. The number of thiazole rings is 1. The van der Waals surface area contributed by atoms with Crippen molar-refractivity contribution in [2.45, 2.75) is 25.6 Å². The summed E-state index contributed by atoms with van der Waals surface area (Å²) in [5.74, 6) is 1.34. The maximum absolute atomic E-state index is 13.4. The fourth-order valence-corrected chi connectivity index (χ4v) is 3.63. The van der Waals surface area contributed by atoms with E-state index in [1.54, 1.807) is 36.2 Å². The molecule has 0 atom stereocenters. The van der Waals surface area contributed by atoms with Crippen molar-refractivity contribution in [2.24, 2.45) is 4.99 Å². The molecule has 0 saturated heterocycles. The Hall–Kier alpha value is -1.60. The van der Waals surface area contributed by atoms with Gasteiger partial charge in [-0.05, 0) is 36.4 Å². The van der Waals surface area contributed by atoms with Crippen molar-refractivity contribution in [3.63, 3.8) is 0 Å². The van der Waals surface area contributed by atoms with Gasteiger partial charge in [0.2, 0.25) is 0 Å². The number of nitrogens with one attached hydrogen (secondary N) is 2. The van der Waals surface area contributed by atoms with Crippen LogP contribution in [-0.4, -0.2) is 30.8 Å². The number of aryl methyl sites for hydroxylation is 1. The molecule has 0 bridgehead atoms. The van der Waals surface area contributed by atoms with E-state index in [0.717, 1.165) is 40.8 Å². The van der Waals surface area contributed by atoms with E-state index in [1.165, 1.54) is 10.9 Å². The number of guanidine groups is 1. The molecule has 130 valence electrons. The minimum atomic E-state index is -0.191. The van der Waals surface area contributed by atoms with Gasteiger partial charge in [-0.1, -0.05) is 6.07 Å². The lowest BCUT2D eigenvalue weighted by molar-refractivity contribution is 0.625. The van der Waals surface area contributed by atoms with Crippen molar-refractivity contribution in [3.05, 3.63) is 51.2 Å². The predicted octanol–water partition coefficient (Wildman–Crippen LogP) is 3.36. The minimum absolute atomic E-state index is 0.191. The van der Waals surface area contributed by atoms with Crippen molar-refractivity contribution in [1.82, 2.24) is 15.6 Å². The van der Waals surface area contributed by atoms with Gasteiger partial charge in [0.25, 0.3) is 0 Å². The number of aliphatic imine (C=N–C) groups is 1. The first-order valence-corrected chi connectivity index (χ1v) is 9.95. The van der Waals surface area contributed by atoms with Crippen molar-refractivity contribution in [2.75, 3.05) is 19.8 Å². The third-order valence-electron chi connectivity index (χ3n) is 3.44. The molecule has 2 aromatic rings. The Morgan fingerprint density at radius 2 is 2.17 bits per heavy atom. The van der Waals surface area contributed by atoms with Gasteiger partial charge in [-0.25, -0.2) is 9.37 Å². The van der Waals surface area contributed by atoms with Crippen molar-refractivity contribution in [3.8, 4) is 0 Å². The first kappa shape index (κ1) is 18.7. The number of hydrogen-bond donors (Lipinski definition) is 2. The fraction of sp³-hybridized carbons (Fsp3) is 0.412. The number of nitrogens with zero attached hydrogens (tertiary/aromatic N) is 2. The second kappa shape index (κ2) is 9.64. The Morgan fingerprint density at radius 1 is 1.33 bits per heavy atom. The average Bonchev–Trinajstić information content (AvgIpc) is 2.98. The van der Waals surface area contributed by atoms with Gasteiger partial charge >= 0.3 is 0 Å². The summed E-state index contributed by atoms with van der Waals surface area (Å²) in [6, 6.07) is 4.94. The maximum Gasteiger partial charge on any atom is 0.191 e. The number of benzene rings is 1. The van der Waals surface area contributed by atoms with Crippen molar-refractivity contribution >= 4 is 29.1 Å². The summed E-state index contributed by atoms with van der Waals surface area (Å²) in [7, 11) is 1.75. The van der Waals surface area contributed by atoms with Crippen molar-refractivity contribution < 1.29 is 4.39 Å². The summed E-state index contributed by atoms with van der Waals surface area (Å²) in [6.45, 7) is 3.45. The Morgan fingerprint density at radius 3 is 2.83 bits per heavy atom. The standard InChI is InChI=1S/C17H23FN4S2/c1-12-9-21-16(24-12)6-7-20-17(19-2)22-10-13-4-5-15(18)8-14(13)11-23-3/h4-5,8-9H,6-7,10-11H2,1-3H3,(H2,19,20,22). The third-order valence-corrected chi connectivity index (χ3v) is 5.01. The van der Waals surface area contributed by atoms with E-state index in [9.17, 15) is 4.39 Å². The van der Waals surface area contributed by atoms with Gasteiger partial charge in [0.05, 0.1) is 5.01 Å². The molecule has 0 aliphatic heterocycles. The van der Waals surface area contributed by atoms with Gasteiger partial charge in [-0.2, -0.15) is 11.8 Å². The van der Waals surface area contributed by atoms with Crippen LogP contribution in [0.25, 0.3) is 0 Å². The molecule has 0 aliphatic carbocycles. The first-order valence-electron chi connectivity index (χ1n) is 7.74. The highest BCUT2D eigenvalue weighted by Crippen LogP contribution is 2.16. The number of halogens is 1. The SMILES string of the molecule is CN=C(NCCc1ncc(C)s1)NCc1ccc(F)cc1CSC. The molecule has 4 nitrogen and oxygen atoms in total. The van der Waals surface area contributed by atoms with Crippen LogP contribution in [0.3, 0.4) is 0 Å². The van der Waals surface area contributed by atoms with Crippen LogP contribution in [0.15, 0.2) is 29.4 Å². The molecule has 0 fully saturated rings. The lowest BCUT2D eigenvalue weighted by Crippen LogP contribution is -2.38. The van der Waals surface area contributed by atoms with Gasteiger partial charge in [0, 0.05) is 43.4 Å². The van der Waals surface area contributed by atoms with Crippen LogP contribution >= 0.6 is 23.1 Å². The number of hydrogen-bond acceptors (Lipinski definition) is 4. The second-order valence-electron chi connectivity index (χ2n) is 5.31. The fourth-order valence-electron chi connectivity index (χ4n) is 2.26. The second-order valence-corrected chi connectivity index (χ2v) is 7.50. The summed E-state index contributed by atoms with van der Waals surface area (Å²) >= 11 is 3.40. The van der Waals surface area contributed by atoms with E-state index in [2.05, 4.69) is 27.5 Å². The Bertz CT molecular complexity index is 685. The predicted molar refractivity (Wildman–Crippen MR) is 102 cm³/mol. The zero-order valence-corrected chi connectivity index (χ0v) is 15.9. The summed E-state index contributed by atoms with van der Waals surface area (Å²) in [5, 5.41) is 7.69. The number of thioether (sulfide) groups is 1. The molecule has 2 N–H and O–H groups in total. The van der Waals surface area contributed by atoms with E-state index < -0.39 is 0 Å². The molecule has 0 amide bonds. The van der Waals surface area contributed by atoms with Crippen LogP contribution in [0, 0.1) is 12.7 Å². The van der Waals surface area contributed by atoms with Gasteiger partial charge in [-0.3, -0.25) is 4.99 Å². The van der Waals surface area contributed by atoms with Crippen LogP contribution in [0.5, 0.6) is 0 Å². The van der Waals surface area contributed by atoms with E-state index >= 15 is 0 Å². The molecule has 1 aromatic carbocycles. The average molecular weight is 367 g/mol. The third kappa shape index (κ3) is 5.79. The van der Waals surface area contributed by atoms with Crippen LogP contribution in [0.1, 0.15) is 21.0 Å². The molecular weight excluding hydrogens is 343 g/mol. The maximum atomic E-state index is 13.4.